The Morgan fingerprint density at radius 2 is 2.31 bits per heavy atom. The van der Waals surface area contributed by atoms with Gasteiger partial charge in [-0.2, -0.15) is 4.98 Å². The summed E-state index contributed by atoms with van der Waals surface area (Å²) in [5, 5.41) is 9.94. The number of likely N-dealkylation sites (N-methyl/N-ethyl adjacent to an activating group) is 1. The molecule has 2 heterocycles. The van der Waals surface area contributed by atoms with Gasteiger partial charge in [0.25, 0.3) is 0 Å². The molecule has 2 N–H and O–H groups in total. The van der Waals surface area contributed by atoms with E-state index < -0.39 is 17.7 Å². The van der Waals surface area contributed by atoms with Crippen LogP contribution in [0, 0.1) is 11.6 Å². The summed E-state index contributed by atoms with van der Waals surface area (Å²) in [6.07, 6.45) is 0.110. The van der Waals surface area contributed by atoms with Crippen LogP contribution in [-0.4, -0.2) is 47.6 Å². The molecule has 1 amide bonds. The minimum Gasteiger partial charge on any atom is -0.349 e. The molecule has 0 spiro atoms. The highest BCUT2D eigenvalue weighted by molar-refractivity contribution is 5.73. The van der Waals surface area contributed by atoms with Crippen molar-refractivity contribution in [2.75, 3.05) is 26.7 Å². The predicted octanol–water partition coefficient (Wildman–Crippen LogP) is 1.34. The summed E-state index contributed by atoms with van der Waals surface area (Å²) in [6.45, 7) is 3.80. The summed E-state index contributed by atoms with van der Waals surface area (Å²) in [7, 11) is 1.98. The van der Waals surface area contributed by atoms with E-state index >= 15 is 0 Å². The van der Waals surface area contributed by atoms with Gasteiger partial charge in [-0.1, -0.05) is 11.2 Å². The maximum atomic E-state index is 14.1. The van der Waals surface area contributed by atoms with E-state index in [1.165, 1.54) is 13.0 Å². The fraction of sp³-hybridized carbons (Fsp3) is 0.471. The van der Waals surface area contributed by atoms with Crippen molar-refractivity contribution in [1.82, 2.24) is 25.7 Å². The van der Waals surface area contributed by atoms with E-state index in [0.29, 0.717) is 12.4 Å². The highest BCUT2D eigenvalue weighted by atomic mass is 19.1. The van der Waals surface area contributed by atoms with Crippen LogP contribution in [0.15, 0.2) is 22.7 Å². The van der Waals surface area contributed by atoms with Crippen LogP contribution in [0.4, 0.5) is 8.78 Å². The Morgan fingerprint density at radius 3 is 3.00 bits per heavy atom. The number of rotatable bonds is 5. The van der Waals surface area contributed by atoms with Crippen molar-refractivity contribution in [2.45, 2.75) is 25.4 Å². The smallest absolute Gasteiger partial charge is 0.229 e. The maximum absolute atomic E-state index is 14.1. The molecule has 1 saturated heterocycles. The van der Waals surface area contributed by atoms with Crippen LogP contribution in [-0.2, 0) is 11.2 Å². The van der Waals surface area contributed by atoms with Crippen molar-refractivity contribution < 1.29 is 18.1 Å². The normalized spacial score (nSPS) is 19.3. The average Bonchev–Trinajstić information content (AvgIpc) is 3.02. The molecule has 140 valence electrons. The van der Waals surface area contributed by atoms with E-state index in [4.69, 9.17) is 4.52 Å². The molecular formula is C17H21F2N5O2. The van der Waals surface area contributed by atoms with E-state index in [2.05, 4.69) is 25.7 Å². The van der Waals surface area contributed by atoms with Crippen molar-refractivity contribution in [3.63, 3.8) is 0 Å². The van der Waals surface area contributed by atoms with Crippen molar-refractivity contribution in [2.24, 2.45) is 0 Å². The molecular weight excluding hydrogens is 344 g/mol. The quantitative estimate of drug-likeness (QED) is 0.832. The first-order valence-corrected chi connectivity index (χ1v) is 8.39. The third kappa shape index (κ3) is 4.23. The van der Waals surface area contributed by atoms with Gasteiger partial charge < -0.3 is 15.2 Å². The van der Waals surface area contributed by atoms with Gasteiger partial charge in [0.15, 0.2) is 5.82 Å². The molecule has 0 bridgehead atoms. The number of carbonyl (C=O) groups is 1. The second-order valence-corrected chi connectivity index (χ2v) is 6.37. The van der Waals surface area contributed by atoms with Crippen LogP contribution in [0.2, 0.25) is 0 Å². The van der Waals surface area contributed by atoms with E-state index in [0.717, 1.165) is 25.2 Å². The largest absolute Gasteiger partial charge is 0.349 e. The number of piperazine rings is 1. The average molecular weight is 365 g/mol. The lowest BCUT2D eigenvalue weighted by molar-refractivity contribution is -0.119. The van der Waals surface area contributed by atoms with Gasteiger partial charge in [-0.15, -0.1) is 0 Å². The third-order valence-corrected chi connectivity index (χ3v) is 4.39. The molecule has 1 fully saturated rings. The number of hydrogen-bond donors (Lipinski definition) is 2. The van der Waals surface area contributed by atoms with Gasteiger partial charge >= 0.3 is 0 Å². The molecule has 1 aromatic heterocycles. The summed E-state index contributed by atoms with van der Waals surface area (Å²) < 4.78 is 32.6. The summed E-state index contributed by atoms with van der Waals surface area (Å²) >= 11 is 0. The Morgan fingerprint density at radius 1 is 1.50 bits per heavy atom. The molecule has 0 aliphatic carbocycles. The first-order chi connectivity index (χ1) is 12.4. The van der Waals surface area contributed by atoms with Gasteiger partial charge in [0, 0.05) is 38.2 Å². The minimum absolute atomic E-state index is 0.0111. The van der Waals surface area contributed by atoms with Gasteiger partial charge in [-0.05, 0) is 13.1 Å². The maximum Gasteiger partial charge on any atom is 0.229 e. The number of halogens is 2. The molecule has 7 nitrogen and oxygen atoms in total. The highest BCUT2D eigenvalue weighted by Crippen LogP contribution is 2.23. The van der Waals surface area contributed by atoms with Crippen LogP contribution in [0.25, 0.3) is 0 Å². The number of benzene rings is 1. The predicted molar refractivity (Wildman–Crippen MR) is 89.2 cm³/mol. The molecule has 2 aromatic rings. The summed E-state index contributed by atoms with van der Waals surface area (Å²) in [5.41, 5.74) is 0.165. The zero-order valence-electron chi connectivity index (χ0n) is 14.6. The number of amides is 1. The Bertz CT molecular complexity index is 782. The van der Waals surface area contributed by atoms with Gasteiger partial charge in [-0.3, -0.25) is 9.69 Å². The Balaban J connectivity index is 1.80. The lowest BCUT2D eigenvalue weighted by Gasteiger charge is -2.30. The first-order valence-electron chi connectivity index (χ1n) is 8.39. The fourth-order valence-corrected chi connectivity index (χ4v) is 3.02. The Kier molecular flexibility index (Phi) is 5.58. The molecule has 2 atom stereocenters. The molecule has 1 aliphatic rings. The summed E-state index contributed by atoms with van der Waals surface area (Å²) in [5.74, 6) is -0.938. The number of aromatic nitrogens is 2. The van der Waals surface area contributed by atoms with Gasteiger partial charge in [-0.25, -0.2) is 8.78 Å². The minimum atomic E-state index is -0.736. The van der Waals surface area contributed by atoms with Crippen molar-refractivity contribution >= 4 is 5.91 Å². The van der Waals surface area contributed by atoms with Crippen LogP contribution < -0.4 is 10.6 Å². The SMILES string of the molecule is CC(=O)NC(Cc1nc(C2CNCCN2C)no1)c1ccc(F)cc1F. The van der Waals surface area contributed by atoms with Crippen LogP contribution in [0.5, 0.6) is 0 Å². The lowest BCUT2D eigenvalue weighted by atomic mass is 10.0. The number of hydrogen-bond acceptors (Lipinski definition) is 6. The van der Waals surface area contributed by atoms with Gasteiger partial charge in [0.2, 0.25) is 11.8 Å². The standard InChI is InChI=1S/C17H21F2N5O2/c1-10(25)21-14(12-4-3-11(18)7-13(12)19)8-16-22-17(23-26-16)15-9-20-5-6-24(15)2/h3-4,7,14-15,20H,5-6,8-9H2,1-2H3,(H,21,25). The van der Waals surface area contributed by atoms with Crippen LogP contribution >= 0.6 is 0 Å². The monoisotopic (exact) mass is 365 g/mol. The topological polar surface area (TPSA) is 83.3 Å². The van der Waals surface area contributed by atoms with Crippen molar-refractivity contribution in [3.05, 3.63) is 47.1 Å². The van der Waals surface area contributed by atoms with E-state index in [1.807, 2.05) is 7.05 Å². The van der Waals surface area contributed by atoms with Crippen molar-refractivity contribution in [1.29, 1.82) is 0 Å². The molecule has 1 aromatic carbocycles. The van der Waals surface area contributed by atoms with Crippen LogP contribution in [0.1, 0.15) is 36.3 Å². The molecule has 26 heavy (non-hydrogen) atoms. The molecule has 0 saturated carbocycles. The number of nitrogens with one attached hydrogen (secondary N) is 2. The first kappa shape index (κ1) is 18.4. The van der Waals surface area contributed by atoms with E-state index in [1.54, 1.807) is 0 Å². The molecule has 3 rings (SSSR count). The molecule has 0 radical (unpaired) electrons. The Labute approximate surface area is 149 Å². The second kappa shape index (κ2) is 7.88. The molecule has 2 unspecified atom stereocenters. The van der Waals surface area contributed by atoms with Crippen LogP contribution in [0.3, 0.4) is 0 Å². The Hall–Kier alpha value is -2.39. The molecule has 1 aliphatic heterocycles. The van der Waals surface area contributed by atoms with E-state index in [-0.39, 0.29) is 29.8 Å². The van der Waals surface area contributed by atoms with Crippen molar-refractivity contribution in [3.8, 4) is 0 Å². The van der Waals surface area contributed by atoms with Gasteiger partial charge in [0.05, 0.1) is 18.5 Å². The lowest BCUT2D eigenvalue weighted by Crippen LogP contribution is -2.44. The second-order valence-electron chi connectivity index (χ2n) is 6.37. The summed E-state index contributed by atoms with van der Waals surface area (Å²) in [4.78, 5) is 18.0. The van der Waals surface area contributed by atoms with Gasteiger partial charge in [0.1, 0.15) is 11.6 Å². The zero-order chi connectivity index (χ0) is 18.7. The number of nitrogens with zero attached hydrogens (tertiary/aromatic N) is 3. The summed E-state index contributed by atoms with van der Waals surface area (Å²) in [6, 6.07) is 2.49. The zero-order valence-corrected chi connectivity index (χ0v) is 14.6. The van der Waals surface area contributed by atoms with E-state index in [9.17, 15) is 13.6 Å². The fourth-order valence-electron chi connectivity index (χ4n) is 3.02. The number of carbonyl (C=O) groups excluding carboxylic acids is 1. The molecule has 9 heteroatoms. The highest BCUT2D eigenvalue weighted by Gasteiger charge is 2.27. The third-order valence-electron chi connectivity index (χ3n) is 4.39.